The molecule has 2 rings (SSSR count). The summed E-state index contributed by atoms with van der Waals surface area (Å²) in [6.07, 6.45) is 2.48. The summed E-state index contributed by atoms with van der Waals surface area (Å²) < 4.78 is 0. The predicted octanol–water partition coefficient (Wildman–Crippen LogP) is 1.52. The van der Waals surface area contributed by atoms with Crippen molar-refractivity contribution >= 4 is 5.91 Å². The third-order valence-electron chi connectivity index (χ3n) is 3.82. The largest absolute Gasteiger partial charge is 0.508 e. The molecule has 0 spiro atoms. The lowest BCUT2D eigenvalue weighted by atomic mass is 9.92. The number of hydrogen-bond acceptors (Lipinski definition) is 3. The van der Waals surface area contributed by atoms with Gasteiger partial charge in [0.05, 0.1) is 6.42 Å². The number of phenolic OH excluding ortho intramolecular Hbond substituents is 1. The Hall–Kier alpha value is -1.55. The Morgan fingerprint density at radius 3 is 3.05 bits per heavy atom. The van der Waals surface area contributed by atoms with E-state index in [0.717, 1.165) is 31.5 Å². The molecule has 2 unspecified atom stereocenters. The lowest BCUT2D eigenvalue weighted by molar-refractivity contribution is -0.132. The van der Waals surface area contributed by atoms with E-state index in [4.69, 9.17) is 5.73 Å². The Kier molecular flexibility index (Phi) is 4.43. The maximum absolute atomic E-state index is 12.3. The van der Waals surface area contributed by atoms with Gasteiger partial charge in [-0.25, -0.2) is 0 Å². The molecule has 0 saturated carbocycles. The summed E-state index contributed by atoms with van der Waals surface area (Å²) in [6, 6.07) is 7.02. The molecule has 1 aromatic carbocycles. The topological polar surface area (TPSA) is 66.6 Å². The molecule has 104 valence electrons. The predicted molar refractivity (Wildman–Crippen MR) is 74.8 cm³/mol. The zero-order valence-corrected chi connectivity index (χ0v) is 11.4. The fourth-order valence-corrected chi connectivity index (χ4v) is 2.62. The van der Waals surface area contributed by atoms with E-state index < -0.39 is 0 Å². The van der Waals surface area contributed by atoms with E-state index >= 15 is 0 Å². The summed E-state index contributed by atoms with van der Waals surface area (Å²) in [5.74, 6) is 0.732. The summed E-state index contributed by atoms with van der Waals surface area (Å²) in [6.45, 7) is 3.59. The number of benzene rings is 1. The van der Waals surface area contributed by atoms with Gasteiger partial charge in [-0.3, -0.25) is 4.79 Å². The lowest BCUT2D eigenvalue weighted by Gasteiger charge is -2.34. The number of carbonyl (C=O) groups is 1. The Morgan fingerprint density at radius 1 is 1.58 bits per heavy atom. The average Bonchev–Trinajstić information content (AvgIpc) is 2.39. The Labute approximate surface area is 114 Å². The highest BCUT2D eigenvalue weighted by molar-refractivity contribution is 5.79. The van der Waals surface area contributed by atoms with E-state index in [0.29, 0.717) is 12.3 Å². The third kappa shape index (κ3) is 3.70. The van der Waals surface area contributed by atoms with Crippen molar-refractivity contribution in [2.24, 2.45) is 11.7 Å². The second kappa shape index (κ2) is 6.06. The van der Waals surface area contributed by atoms with Crippen LogP contribution >= 0.6 is 0 Å². The molecule has 1 saturated heterocycles. The van der Waals surface area contributed by atoms with Crippen LogP contribution in [0.1, 0.15) is 25.3 Å². The van der Waals surface area contributed by atoms with Crippen molar-refractivity contribution in [3.63, 3.8) is 0 Å². The van der Waals surface area contributed by atoms with Crippen molar-refractivity contribution in [3.05, 3.63) is 29.8 Å². The standard InChI is InChI=1S/C15H22N2O2/c1-11(16)13-5-3-7-17(10-13)15(19)9-12-4-2-6-14(18)8-12/h2,4,6,8,11,13,18H,3,5,7,9-10,16H2,1H3. The molecule has 4 heteroatoms. The molecule has 19 heavy (non-hydrogen) atoms. The normalized spacial score (nSPS) is 21.2. The molecule has 2 atom stereocenters. The van der Waals surface area contributed by atoms with Crippen LogP contribution in [-0.4, -0.2) is 35.0 Å². The smallest absolute Gasteiger partial charge is 0.227 e. The molecule has 3 N–H and O–H groups in total. The van der Waals surface area contributed by atoms with Gasteiger partial charge in [0.15, 0.2) is 0 Å². The highest BCUT2D eigenvalue weighted by Crippen LogP contribution is 2.20. The van der Waals surface area contributed by atoms with Gasteiger partial charge in [-0.1, -0.05) is 12.1 Å². The van der Waals surface area contributed by atoms with Crippen molar-refractivity contribution in [1.29, 1.82) is 0 Å². The highest BCUT2D eigenvalue weighted by Gasteiger charge is 2.25. The third-order valence-corrected chi connectivity index (χ3v) is 3.82. The first-order valence-corrected chi connectivity index (χ1v) is 6.87. The van der Waals surface area contributed by atoms with E-state index in [2.05, 4.69) is 0 Å². The maximum atomic E-state index is 12.3. The van der Waals surface area contributed by atoms with Crippen LogP contribution in [0.25, 0.3) is 0 Å². The fourth-order valence-electron chi connectivity index (χ4n) is 2.62. The van der Waals surface area contributed by atoms with Gasteiger partial charge >= 0.3 is 0 Å². The minimum absolute atomic E-state index is 0.121. The fraction of sp³-hybridized carbons (Fsp3) is 0.533. The maximum Gasteiger partial charge on any atom is 0.227 e. The number of nitrogens with two attached hydrogens (primary N) is 1. The monoisotopic (exact) mass is 262 g/mol. The second-order valence-corrected chi connectivity index (χ2v) is 5.45. The van der Waals surface area contributed by atoms with Crippen molar-refractivity contribution in [2.45, 2.75) is 32.2 Å². The van der Waals surface area contributed by atoms with Crippen LogP contribution < -0.4 is 5.73 Å². The Morgan fingerprint density at radius 2 is 2.37 bits per heavy atom. The quantitative estimate of drug-likeness (QED) is 0.868. The first kappa shape index (κ1) is 13.9. The molecule has 0 aliphatic carbocycles. The second-order valence-electron chi connectivity index (χ2n) is 5.45. The first-order chi connectivity index (χ1) is 9.06. The summed E-state index contributed by atoms with van der Waals surface area (Å²) in [5, 5.41) is 9.41. The number of likely N-dealkylation sites (tertiary alicyclic amines) is 1. The van der Waals surface area contributed by atoms with Gasteiger partial charge in [0.2, 0.25) is 5.91 Å². The van der Waals surface area contributed by atoms with E-state index in [-0.39, 0.29) is 17.7 Å². The molecule has 0 bridgehead atoms. The van der Waals surface area contributed by atoms with Crippen LogP contribution in [0.15, 0.2) is 24.3 Å². The van der Waals surface area contributed by atoms with E-state index in [1.165, 1.54) is 0 Å². The van der Waals surface area contributed by atoms with Gasteiger partial charge in [-0.15, -0.1) is 0 Å². The summed E-state index contributed by atoms with van der Waals surface area (Å²) >= 11 is 0. The van der Waals surface area contributed by atoms with Crippen LogP contribution in [0.2, 0.25) is 0 Å². The van der Waals surface area contributed by atoms with Gasteiger partial charge in [0, 0.05) is 19.1 Å². The highest BCUT2D eigenvalue weighted by atomic mass is 16.3. The molecule has 1 aromatic rings. The molecular weight excluding hydrogens is 240 g/mol. The van der Waals surface area contributed by atoms with Gasteiger partial charge in [0.1, 0.15) is 5.75 Å². The van der Waals surface area contributed by atoms with Crippen molar-refractivity contribution in [2.75, 3.05) is 13.1 Å². The number of aromatic hydroxyl groups is 1. The van der Waals surface area contributed by atoms with Crippen molar-refractivity contribution in [3.8, 4) is 5.75 Å². The SMILES string of the molecule is CC(N)C1CCCN(C(=O)Cc2cccc(O)c2)C1. The molecule has 4 nitrogen and oxygen atoms in total. The van der Waals surface area contributed by atoms with Gasteiger partial charge < -0.3 is 15.7 Å². The van der Waals surface area contributed by atoms with Crippen LogP contribution in [0.5, 0.6) is 5.75 Å². The summed E-state index contributed by atoms with van der Waals surface area (Å²) in [7, 11) is 0. The molecule has 1 fully saturated rings. The van der Waals surface area contributed by atoms with Crippen molar-refractivity contribution in [1.82, 2.24) is 4.90 Å². The number of carbonyl (C=O) groups excluding carboxylic acids is 1. The molecular formula is C15H22N2O2. The Balaban J connectivity index is 1.96. The van der Waals surface area contributed by atoms with Crippen molar-refractivity contribution < 1.29 is 9.90 Å². The molecule has 1 aliphatic heterocycles. The number of rotatable bonds is 3. The van der Waals surface area contributed by atoms with E-state index in [1.807, 2.05) is 17.9 Å². The minimum Gasteiger partial charge on any atom is -0.508 e. The van der Waals surface area contributed by atoms with Gasteiger partial charge in [-0.2, -0.15) is 0 Å². The number of piperidine rings is 1. The number of phenols is 1. The molecule has 0 radical (unpaired) electrons. The van der Waals surface area contributed by atoms with Gasteiger partial charge in [-0.05, 0) is 43.4 Å². The summed E-state index contributed by atoms with van der Waals surface area (Å²) in [5.41, 5.74) is 6.79. The molecule has 1 amide bonds. The van der Waals surface area contributed by atoms with Crippen LogP contribution in [0.3, 0.4) is 0 Å². The Bertz CT molecular complexity index is 446. The van der Waals surface area contributed by atoms with Crippen LogP contribution in [-0.2, 0) is 11.2 Å². The molecule has 1 aliphatic rings. The number of nitrogens with zero attached hydrogens (tertiary/aromatic N) is 1. The lowest BCUT2D eigenvalue weighted by Crippen LogP contribution is -2.45. The zero-order chi connectivity index (χ0) is 13.8. The van der Waals surface area contributed by atoms with Crippen LogP contribution in [0, 0.1) is 5.92 Å². The molecule has 0 aromatic heterocycles. The minimum atomic E-state index is 0.121. The van der Waals surface area contributed by atoms with E-state index in [9.17, 15) is 9.90 Å². The van der Waals surface area contributed by atoms with E-state index in [1.54, 1.807) is 18.2 Å². The first-order valence-electron chi connectivity index (χ1n) is 6.87. The molecule has 1 heterocycles. The summed E-state index contributed by atoms with van der Waals surface area (Å²) in [4.78, 5) is 14.2. The number of hydrogen-bond donors (Lipinski definition) is 2. The average molecular weight is 262 g/mol. The number of amides is 1. The van der Waals surface area contributed by atoms with Crippen LogP contribution in [0.4, 0.5) is 0 Å². The zero-order valence-electron chi connectivity index (χ0n) is 11.4. The van der Waals surface area contributed by atoms with Gasteiger partial charge in [0.25, 0.3) is 0 Å².